The molecule has 0 bridgehead atoms. The Kier molecular flexibility index (Phi) is 5.01. The van der Waals surface area contributed by atoms with Gasteiger partial charge in [-0.05, 0) is 41.0 Å². The summed E-state index contributed by atoms with van der Waals surface area (Å²) in [4.78, 5) is 11.6. The van der Waals surface area contributed by atoms with Crippen molar-refractivity contribution in [3.63, 3.8) is 0 Å². The lowest BCUT2D eigenvalue weighted by atomic mass is 10.1. The van der Waals surface area contributed by atoms with E-state index in [1.165, 1.54) is 5.39 Å². The molecule has 0 aliphatic rings. The first kappa shape index (κ1) is 14.9. The van der Waals surface area contributed by atoms with Gasteiger partial charge in [0.15, 0.2) is 0 Å². The highest BCUT2D eigenvalue weighted by Gasteiger charge is 2.03. The molecule has 2 rings (SSSR count). The molecule has 0 unspecified atom stereocenters. The van der Waals surface area contributed by atoms with Crippen LogP contribution in [0.15, 0.2) is 40.9 Å². The van der Waals surface area contributed by atoms with E-state index in [2.05, 4.69) is 64.7 Å². The van der Waals surface area contributed by atoms with Crippen molar-refractivity contribution in [1.29, 1.82) is 0 Å². The topological polar surface area (TPSA) is 41.1 Å². The number of carbonyl (C=O) groups is 1. The molecule has 1 amide bonds. The van der Waals surface area contributed by atoms with Gasteiger partial charge in [-0.15, -0.1) is 0 Å². The molecule has 0 fully saturated rings. The van der Waals surface area contributed by atoms with E-state index in [0.29, 0.717) is 19.0 Å². The van der Waals surface area contributed by atoms with Gasteiger partial charge in [-0.2, -0.15) is 0 Å². The Labute approximate surface area is 127 Å². The number of fused-ring (bicyclic) bond motifs is 1. The van der Waals surface area contributed by atoms with Crippen molar-refractivity contribution >= 4 is 38.3 Å². The molecule has 0 aliphatic heterocycles. The first-order valence-corrected chi connectivity index (χ1v) is 7.54. The van der Waals surface area contributed by atoms with Crippen LogP contribution in [0, 0.1) is 5.92 Å². The molecular weight excluding hydrogens is 316 g/mol. The van der Waals surface area contributed by atoms with Crippen molar-refractivity contribution in [2.24, 2.45) is 5.92 Å². The standard InChI is InChI=1S/C16H19BrN2O/c1-11(2)9-19-16(20)10-18-15-6-4-12-7-14(17)5-3-13(12)8-15/h3-8,11,18H,9-10H2,1-2H3,(H,19,20). The van der Waals surface area contributed by atoms with Gasteiger partial charge in [0.25, 0.3) is 0 Å². The third-order valence-corrected chi connectivity index (χ3v) is 3.46. The largest absolute Gasteiger partial charge is 0.376 e. The summed E-state index contributed by atoms with van der Waals surface area (Å²) in [6.45, 7) is 5.17. The van der Waals surface area contributed by atoms with Crippen LogP contribution in [-0.4, -0.2) is 19.0 Å². The number of anilines is 1. The number of carbonyl (C=O) groups excluding carboxylic acids is 1. The molecule has 0 saturated carbocycles. The molecule has 0 atom stereocenters. The van der Waals surface area contributed by atoms with Gasteiger partial charge in [-0.3, -0.25) is 4.79 Å². The van der Waals surface area contributed by atoms with Gasteiger partial charge in [0.2, 0.25) is 5.91 Å². The number of amides is 1. The van der Waals surface area contributed by atoms with Crippen LogP contribution in [0.5, 0.6) is 0 Å². The molecule has 4 heteroatoms. The number of benzene rings is 2. The van der Waals surface area contributed by atoms with E-state index in [4.69, 9.17) is 0 Å². The van der Waals surface area contributed by atoms with Crippen molar-refractivity contribution in [1.82, 2.24) is 5.32 Å². The Morgan fingerprint density at radius 3 is 2.60 bits per heavy atom. The maximum Gasteiger partial charge on any atom is 0.239 e. The lowest BCUT2D eigenvalue weighted by Crippen LogP contribution is -2.32. The van der Waals surface area contributed by atoms with Crippen molar-refractivity contribution in [2.45, 2.75) is 13.8 Å². The molecule has 0 aliphatic carbocycles. The molecule has 2 aromatic carbocycles. The molecule has 2 aromatic rings. The smallest absolute Gasteiger partial charge is 0.239 e. The summed E-state index contributed by atoms with van der Waals surface area (Å²) in [7, 11) is 0. The molecule has 0 saturated heterocycles. The highest BCUT2D eigenvalue weighted by molar-refractivity contribution is 9.10. The Morgan fingerprint density at radius 1 is 1.15 bits per heavy atom. The molecule has 106 valence electrons. The molecule has 0 aromatic heterocycles. The minimum atomic E-state index is 0.0228. The minimum Gasteiger partial charge on any atom is -0.376 e. The third kappa shape index (κ3) is 4.23. The number of rotatable bonds is 5. The van der Waals surface area contributed by atoms with E-state index >= 15 is 0 Å². The quantitative estimate of drug-likeness (QED) is 0.873. The minimum absolute atomic E-state index is 0.0228. The van der Waals surface area contributed by atoms with E-state index in [9.17, 15) is 4.79 Å². The molecule has 0 radical (unpaired) electrons. The van der Waals surface area contributed by atoms with Crippen LogP contribution in [0.3, 0.4) is 0 Å². The van der Waals surface area contributed by atoms with Gasteiger partial charge in [0, 0.05) is 16.7 Å². The van der Waals surface area contributed by atoms with Crippen LogP contribution < -0.4 is 10.6 Å². The van der Waals surface area contributed by atoms with E-state index in [1.807, 2.05) is 12.1 Å². The van der Waals surface area contributed by atoms with E-state index < -0.39 is 0 Å². The van der Waals surface area contributed by atoms with Crippen molar-refractivity contribution in [3.8, 4) is 0 Å². The Morgan fingerprint density at radius 2 is 1.85 bits per heavy atom. The highest BCUT2D eigenvalue weighted by atomic mass is 79.9. The fraction of sp³-hybridized carbons (Fsp3) is 0.312. The predicted octanol–water partition coefficient (Wildman–Crippen LogP) is 3.79. The summed E-state index contributed by atoms with van der Waals surface area (Å²) >= 11 is 3.46. The first-order chi connectivity index (χ1) is 9.54. The van der Waals surface area contributed by atoms with Gasteiger partial charge in [-0.25, -0.2) is 0 Å². The summed E-state index contributed by atoms with van der Waals surface area (Å²) in [6, 6.07) is 12.2. The fourth-order valence-corrected chi connectivity index (χ4v) is 2.27. The summed E-state index contributed by atoms with van der Waals surface area (Å²) < 4.78 is 1.07. The second-order valence-electron chi connectivity index (χ2n) is 5.26. The zero-order valence-electron chi connectivity index (χ0n) is 11.7. The molecule has 0 spiro atoms. The Bertz CT molecular complexity index is 610. The third-order valence-electron chi connectivity index (χ3n) is 2.96. The average Bonchev–Trinajstić information content (AvgIpc) is 2.42. The average molecular weight is 335 g/mol. The molecule has 20 heavy (non-hydrogen) atoms. The molecule has 0 heterocycles. The lowest BCUT2D eigenvalue weighted by Gasteiger charge is -2.10. The number of nitrogens with one attached hydrogen (secondary N) is 2. The SMILES string of the molecule is CC(C)CNC(=O)CNc1ccc2cc(Br)ccc2c1. The van der Waals surface area contributed by atoms with Gasteiger partial charge >= 0.3 is 0 Å². The van der Waals surface area contributed by atoms with Crippen molar-refractivity contribution in [2.75, 3.05) is 18.4 Å². The monoisotopic (exact) mass is 334 g/mol. The van der Waals surface area contributed by atoms with Crippen LogP contribution in [0.2, 0.25) is 0 Å². The van der Waals surface area contributed by atoms with Gasteiger partial charge in [-0.1, -0.05) is 41.9 Å². The van der Waals surface area contributed by atoms with Gasteiger partial charge in [0.05, 0.1) is 6.54 Å². The first-order valence-electron chi connectivity index (χ1n) is 6.74. The number of hydrogen-bond acceptors (Lipinski definition) is 2. The molecular formula is C16H19BrN2O. The van der Waals surface area contributed by atoms with E-state index in [0.717, 1.165) is 15.5 Å². The lowest BCUT2D eigenvalue weighted by molar-refractivity contribution is -0.119. The van der Waals surface area contributed by atoms with E-state index in [-0.39, 0.29) is 5.91 Å². The fourth-order valence-electron chi connectivity index (χ4n) is 1.89. The maximum absolute atomic E-state index is 11.6. The normalized spacial score (nSPS) is 10.8. The van der Waals surface area contributed by atoms with Gasteiger partial charge in [0.1, 0.15) is 0 Å². The number of halogens is 1. The van der Waals surface area contributed by atoms with Crippen LogP contribution in [-0.2, 0) is 4.79 Å². The maximum atomic E-state index is 11.6. The van der Waals surface area contributed by atoms with Crippen molar-refractivity contribution < 1.29 is 4.79 Å². The van der Waals surface area contributed by atoms with Gasteiger partial charge < -0.3 is 10.6 Å². The molecule has 2 N–H and O–H groups in total. The van der Waals surface area contributed by atoms with Crippen LogP contribution in [0.4, 0.5) is 5.69 Å². The van der Waals surface area contributed by atoms with Crippen LogP contribution in [0.1, 0.15) is 13.8 Å². The summed E-state index contributed by atoms with van der Waals surface area (Å²) in [5.74, 6) is 0.493. The number of hydrogen-bond donors (Lipinski definition) is 2. The second kappa shape index (κ2) is 6.75. The van der Waals surface area contributed by atoms with E-state index in [1.54, 1.807) is 0 Å². The zero-order valence-corrected chi connectivity index (χ0v) is 13.3. The highest BCUT2D eigenvalue weighted by Crippen LogP contribution is 2.22. The Hall–Kier alpha value is -1.55. The summed E-state index contributed by atoms with van der Waals surface area (Å²) in [6.07, 6.45) is 0. The predicted molar refractivity (Wildman–Crippen MR) is 88.0 cm³/mol. The second-order valence-corrected chi connectivity index (χ2v) is 6.17. The Balaban J connectivity index is 1.96. The zero-order chi connectivity index (χ0) is 14.5. The summed E-state index contributed by atoms with van der Waals surface area (Å²) in [5.41, 5.74) is 0.958. The van der Waals surface area contributed by atoms with Crippen LogP contribution in [0.25, 0.3) is 10.8 Å². The molecule has 3 nitrogen and oxygen atoms in total. The summed E-state index contributed by atoms with van der Waals surface area (Å²) in [5, 5.41) is 8.37. The van der Waals surface area contributed by atoms with Crippen molar-refractivity contribution in [3.05, 3.63) is 40.9 Å². The van der Waals surface area contributed by atoms with Crippen LogP contribution >= 0.6 is 15.9 Å².